The van der Waals surface area contributed by atoms with Gasteiger partial charge in [-0.25, -0.2) is 4.79 Å². The molecule has 0 aromatic heterocycles. The molecule has 6 rings (SSSR count). The van der Waals surface area contributed by atoms with Crippen LogP contribution in [-0.2, 0) is 14.3 Å². The van der Waals surface area contributed by atoms with Gasteiger partial charge in [0, 0.05) is 16.4 Å². The van der Waals surface area contributed by atoms with E-state index in [2.05, 4.69) is 60.0 Å². The average molecular weight is 699 g/mol. The topological polar surface area (TPSA) is 101 Å². The van der Waals surface area contributed by atoms with Gasteiger partial charge in [0.1, 0.15) is 6.10 Å². The lowest BCUT2D eigenvalue weighted by Gasteiger charge is -2.72. The number of aryl methyl sites for hydroxylation is 1. The number of hydrogen-bond acceptors (Lipinski definition) is 4. The SMILES string of the molecule is C=C(C)[C@@H]1CC[C@]2(C#Cc3c(C)cccc3C(=O)O)CC[C@]3(C)C(CCC4[C@@]5(C)CC[C@H](OC(=O)CC(C)(C)C(=O)O)C(C)(C)C5CC[C@]43C)C12. The first-order valence-corrected chi connectivity index (χ1v) is 19.6. The summed E-state index contributed by atoms with van der Waals surface area (Å²) in [6.07, 6.45) is 10.4. The Morgan fingerprint density at radius 2 is 1.61 bits per heavy atom. The van der Waals surface area contributed by atoms with Crippen LogP contribution in [0.25, 0.3) is 0 Å². The molecule has 1 aromatic carbocycles. The summed E-state index contributed by atoms with van der Waals surface area (Å²) >= 11 is 0. The Labute approximate surface area is 306 Å². The third-order valence-electron chi connectivity index (χ3n) is 16.4. The molecule has 0 saturated heterocycles. The summed E-state index contributed by atoms with van der Waals surface area (Å²) in [7, 11) is 0. The number of carbonyl (C=O) groups is 3. The lowest BCUT2D eigenvalue weighted by molar-refractivity contribution is -0.247. The number of carbonyl (C=O) groups excluding carboxylic acids is 1. The van der Waals surface area contributed by atoms with Crippen molar-refractivity contribution < 1.29 is 29.3 Å². The molecule has 6 heteroatoms. The van der Waals surface area contributed by atoms with Crippen LogP contribution in [0.2, 0.25) is 0 Å². The Hall–Kier alpha value is -3.07. The fourth-order valence-corrected chi connectivity index (χ4v) is 13.4. The molecule has 5 aliphatic carbocycles. The predicted molar refractivity (Wildman–Crippen MR) is 200 cm³/mol. The summed E-state index contributed by atoms with van der Waals surface area (Å²) in [4.78, 5) is 37.0. The molecule has 5 fully saturated rings. The molecule has 5 aliphatic rings. The number of hydrogen-bond donors (Lipinski definition) is 2. The normalized spacial score (nSPS) is 39.5. The van der Waals surface area contributed by atoms with Gasteiger partial charge in [-0.1, -0.05) is 70.7 Å². The quantitative estimate of drug-likeness (QED) is 0.174. The van der Waals surface area contributed by atoms with E-state index in [4.69, 9.17) is 4.74 Å². The summed E-state index contributed by atoms with van der Waals surface area (Å²) in [6, 6.07) is 5.45. The van der Waals surface area contributed by atoms with Crippen molar-refractivity contribution in [3.63, 3.8) is 0 Å². The molecule has 1 aromatic rings. The van der Waals surface area contributed by atoms with Crippen molar-refractivity contribution in [2.75, 3.05) is 0 Å². The highest BCUT2D eigenvalue weighted by Gasteiger charge is 2.71. The van der Waals surface area contributed by atoms with E-state index in [9.17, 15) is 24.6 Å². The number of aromatic carboxylic acids is 1. The second-order valence-electron chi connectivity index (χ2n) is 19.6. The highest BCUT2D eigenvalue weighted by atomic mass is 16.5. The van der Waals surface area contributed by atoms with Gasteiger partial charge in [0.25, 0.3) is 0 Å². The number of rotatable bonds is 6. The van der Waals surface area contributed by atoms with Crippen LogP contribution in [-0.4, -0.2) is 34.2 Å². The van der Waals surface area contributed by atoms with Crippen molar-refractivity contribution in [1.82, 2.24) is 0 Å². The van der Waals surface area contributed by atoms with Gasteiger partial charge in [-0.15, -0.1) is 0 Å². The van der Waals surface area contributed by atoms with Gasteiger partial charge in [-0.05, 0) is 149 Å². The van der Waals surface area contributed by atoms with E-state index in [1.807, 2.05) is 13.0 Å². The Bertz CT molecular complexity index is 1690. The Morgan fingerprint density at radius 3 is 2.25 bits per heavy atom. The first-order chi connectivity index (χ1) is 23.6. The predicted octanol–water partition coefficient (Wildman–Crippen LogP) is 10.1. The smallest absolute Gasteiger partial charge is 0.336 e. The van der Waals surface area contributed by atoms with Gasteiger partial charge >= 0.3 is 17.9 Å². The van der Waals surface area contributed by atoms with Crippen molar-refractivity contribution in [1.29, 1.82) is 0 Å². The van der Waals surface area contributed by atoms with Crippen molar-refractivity contribution in [2.45, 2.75) is 139 Å². The number of allylic oxidation sites excluding steroid dienone is 1. The molecular weight excluding hydrogens is 636 g/mol. The molecule has 0 spiro atoms. The van der Waals surface area contributed by atoms with Crippen molar-refractivity contribution in [3.05, 3.63) is 47.0 Å². The van der Waals surface area contributed by atoms with Gasteiger partial charge in [0.05, 0.1) is 17.4 Å². The van der Waals surface area contributed by atoms with Crippen molar-refractivity contribution in [2.24, 2.45) is 62.1 Å². The first kappa shape index (κ1) is 37.7. The van der Waals surface area contributed by atoms with Gasteiger partial charge in [-0.2, -0.15) is 0 Å². The highest BCUT2D eigenvalue weighted by molar-refractivity contribution is 5.91. The summed E-state index contributed by atoms with van der Waals surface area (Å²) in [6.45, 7) is 24.2. The van der Waals surface area contributed by atoms with Crippen LogP contribution >= 0.6 is 0 Å². The second-order valence-corrected chi connectivity index (χ2v) is 19.6. The molecule has 0 heterocycles. The Balaban J connectivity index is 1.30. The number of aliphatic carboxylic acids is 1. The van der Waals surface area contributed by atoms with Crippen LogP contribution in [0.3, 0.4) is 0 Å². The molecule has 6 nitrogen and oxygen atoms in total. The number of carboxylic acid groups (broad SMARTS) is 2. The Morgan fingerprint density at radius 1 is 0.902 bits per heavy atom. The van der Waals surface area contributed by atoms with E-state index in [1.165, 1.54) is 18.4 Å². The number of carboxylic acids is 2. The van der Waals surface area contributed by atoms with Crippen LogP contribution in [0.4, 0.5) is 0 Å². The molecule has 51 heavy (non-hydrogen) atoms. The molecule has 0 amide bonds. The monoisotopic (exact) mass is 698 g/mol. The van der Waals surface area contributed by atoms with Crippen molar-refractivity contribution in [3.8, 4) is 11.8 Å². The zero-order chi connectivity index (χ0) is 37.5. The molecule has 5 saturated carbocycles. The molecule has 2 N–H and O–H groups in total. The van der Waals surface area contributed by atoms with Crippen molar-refractivity contribution >= 4 is 17.9 Å². The van der Waals surface area contributed by atoms with Gasteiger partial charge in [0.15, 0.2) is 0 Å². The van der Waals surface area contributed by atoms with Crippen LogP contribution in [0.1, 0.15) is 148 Å². The molecular formula is C45H62O6. The fourth-order valence-electron chi connectivity index (χ4n) is 13.4. The third-order valence-corrected chi connectivity index (χ3v) is 16.4. The summed E-state index contributed by atoms with van der Waals surface area (Å²) in [5.41, 5.74) is 2.02. The minimum Gasteiger partial charge on any atom is -0.481 e. The van der Waals surface area contributed by atoms with Crippen LogP contribution in [0.15, 0.2) is 30.4 Å². The maximum absolute atomic E-state index is 13.1. The summed E-state index contributed by atoms with van der Waals surface area (Å²) < 4.78 is 6.17. The molecule has 278 valence electrons. The largest absolute Gasteiger partial charge is 0.481 e. The van der Waals surface area contributed by atoms with Gasteiger partial charge in [0.2, 0.25) is 0 Å². The number of fused-ring (bicyclic) bond motifs is 7. The molecule has 0 aliphatic heterocycles. The van der Waals surface area contributed by atoms with E-state index < -0.39 is 23.3 Å². The fraction of sp³-hybridized carbons (Fsp3) is 0.711. The van der Waals surface area contributed by atoms with Crippen LogP contribution in [0, 0.1) is 80.8 Å². The molecule has 0 radical (unpaired) electrons. The number of ether oxygens (including phenoxy) is 1. The third kappa shape index (κ3) is 5.70. The Kier molecular flexibility index (Phi) is 9.25. The maximum Gasteiger partial charge on any atom is 0.336 e. The van der Waals surface area contributed by atoms with Crippen LogP contribution < -0.4 is 0 Å². The maximum atomic E-state index is 13.1. The van der Waals surface area contributed by atoms with E-state index in [-0.39, 0.29) is 39.6 Å². The first-order valence-electron chi connectivity index (χ1n) is 19.6. The minimum atomic E-state index is -1.15. The lowest BCUT2D eigenvalue weighted by Crippen LogP contribution is -2.66. The standard InChI is InChI=1S/C45H62O6/c1-27(2)29-16-22-45(23-17-30-28(3)12-11-13-31(30)38(47)48)25-24-43(9)32(37(29)45)14-15-34-42(8)20-19-35(51-36(46)26-40(4,5)39(49)50)41(6,7)33(42)18-21-44(34,43)10/h11-13,29,32-35,37H,1,14-16,18-22,24-26H2,2-10H3,(H,47,48)(H,49,50)/t29-,32?,33?,34?,35-,37?,42-,43+,44+,45-/m0/s1. The lowest BCUT2D eigenvalue weighted by atomic mass is 9.32. The second kappa shape index (κ2) is 12.5. The minimum absolute atomic E-state index is 0.115. The number of benzene rings is 1. The molecule has 10 atom stereocenters. The average Bonchev–Trinajstić information content (AvgIpc) is 3.42. The zero-order valence-electron chi connectivity index (χ0n) is 32.7. The van der Waals surface area contributed by atoms with Gasteiger partial charge in [-0.3, -0.25) is 9.59 Å². The summed E-state index contributed by atoms with van der Waals surface area (Å²) in [5.74, 6) is 7.33. The summed E-state index contributed by atoms with van der Waals surface area (Å²) in [5, 5.41) is 19.6. The highest BCUT2D eigenvalue weighted by Crippen LogP contribution is 2.77. The molecule has 4 unspecified atom stereocenters. The number of esters is 1. The van der Waals surface area contributed by atoms with Gasteiger partial charge < -0.3 is 14.9 Å². The van der Waals surface area contributed by atoms with E-state index in [0.717, 1.165) is 56.9 Å². The molecule has 0 bridgehead atoms. The van der Waals surface area contributed by atoms with E-state index in [0.29, 0.717) is 40.7 Å². The zero-order valence-corrected chi connectivity index (χ0v) is 32.7. The van der Waals surface area contributed by atoms with Crippen LogP contribution in [0.5, 0.6) is 0 Å². The van der Waals surface area contributed by atoms with E-state index in [1.54, 1.807) is 26.0 Å². The van der Waals surface area contributed by atoms with E-state index >= 15 is 0 Å².